The van der Waals surface area contributed by atoms with Crippen molar-refractivity contribution < 1.29 is 23.9 Å². The summed E-state index contributed by atoms with van der Waals surface area (Å²) in [5, 5.41) is 5.48. The van der Waals surface area contributed by atoms with Gasteiger partial charge in [0.25, 0.3) is 0 Å². The molecule has 50 heavy (non-hydrogen) atoms. The van der Waals surface area contributed by atoms with E-state index in [0.717, 1.165) is 30.3 Å². The van der Waals surface area contributed by atoms with Crippen LogP contribution in [0.5, 0.6) is 0 Å². The van der Waals surface area contributed by atoms with E-state index < -0.39 is 0 Å². The normalized spacial score (nSPS) is 12.7. The predicted octanol–water partition coefficient (Wildman–Crippen LogP) is 13.2. The Labute approximate surface area is 316 Å². The first-order chi connectivity index (χ1) is 23.6. The minimum atomic E-state index is 0.203. The maximum absolute atomic E-state index is 3.39. The summed E-state index contributed by atoms with van der Waals surface area (Å²) in [7, 11) is 0. The van der Waals surface area contributed by atoms with Crippen LogP contribution >= 0.6 is 0 Å². The molecule has 0 bridgehead atoms. The van der Waals surface area contributed by atoms with Crippen molar-refractivity contribution in [3.05, 3.63) is 177 Å². The summed E-state index contributed by atoms with van der Waals surface area (Å²) in [6.45, 7) is 22.4. The Balaban J connectivity index is 0.000000150. The van der Waals surface area contributed by atoms with Gasteiger partial charge < -0.3 is 0 Å². The van der Waals surface area contributed by atoms with Crippen LogP contribution in [-0.4, -0.2) is 3.26 Å². The Morgan fingerprint density at radius 1 is 0.600 bits per heavy atom. The van der Waals surface area contributed by atoms with Crippen molar-refractivity contribution in [1.82, 2.24) is 0 Å². The molecule has 252 valence electrons. The van der Waals surface area contributed by atoms with E-state index in [1.165, 1.54) is 80.4 Å². The molecule has 0 saturated heterocycles. The molecule has 0 amide bonds. The monoisotopic (exact) mass is 820 g/mol. The van der Waals surface area contributed by atoms with Crippen LogP contribution in [0.3, 0.4) is 0 Å². The number of benzene rings is 5. The molecule has 0 unspecified atom stereocenters. The van der Waals surface area contributed by atoms with Crippen LogP contribution in [0.2, 0.25) is 0 Å². The molecular weight excluding hydrogens is 767 g/mol. The molecule has 7 rings (SSSR count). The molecule has 0 N–H and O–H groups in total. The van der Waals surface area contributed by atoms with Crippen LogP contribution in [0.1, 0.15) is 98.0 Å². The van der Waals surface area contributed by atoms with E-state index in [0.29, 0.717) is 0 Å². The van der Waals surface area contributed by atoms with Crippen LogP contribution in [0.4, 0.5) is 0 Å². The van der Waals surface area contributed by atoms with Crippen LogP contribution in [-0.2, 0) is 34.7 Å². The van der Waals surface area contributed by atoms with Crippen molar-refractivity contribution in [3.63, 3.8) is 0 Å². The third-order valence-corrected chi connectivity index (χ3v) is 12.1. The van der Waals surface area contributed by atoms with Crippen molar-refractivity contribution in [1.29, 1.82) is 0 Å². The van der Waals surface area contributed by atoms with Crippen LogP contribution in [0, 0.1) is 33.8 Å². The quantitative estimate of drug-likeness (QED) is 0.123. The van der Waals surface area contributed by atoms with E-state index in [1.54, 1.807) is 0 Å². The average molecular weight is 819 g/mol. The Hall–Kier alpha value is -3.81. The third-order valence-electron chi connectivity index (χ3n) is 10.0. The second kappa shape index (κ2) is 15.6. The van der Waals surface area contributed by atoms with Gasteiger partial charge in [-0.25, -0.2) is 0 Å². The summed E-state index contributed by atoms with van der Waals surface area (Å²) in [6, 6.07) is 39.7. The fourth-order valence-electron chi connectivity index (χ4n) is 6.41. The van der Waals surface area contributed by atoms with Gasteiger partial charge in [0.15, 0.2) is 0 Å². The first-order valence-corrected chi connectivity index (χ1v) is 19.6. The van der Waals surface area contributed by atoms with E-state index >= 15 is 0 Å². The zero-order valence-electron chi connectivity index (χ0n) is 31.8. The summed E-state index contributed by atoms with van der Waals surface area (Å²) >= 11 is 1.08. The molecule has 0 saturated carbocycles. The number of hydrogen-bond donors (Lipinski definition) is 0. The molecule has 0 atom stereocenters. The number of hydrogen-bond acceptors (Lipinski definition) is 0. The first-order valence-electron chi connectivity index (χ1n) is 17.8. The van der Waals surface area contributed by atoms with Gasteiger partial charge in [-0.3, -0.25) is 0 Å². The van der Waals surface area contributed by atoms with Crippen LogP contribution < -0.4 is 0 Å². The Kier molecular flexibility index (Phi) is 11.7. The van der Waals surface area contributed by atoms with Gasteiger partial charge in [-0.05, 0) is 37.2 Å². The SMILES string of the molecule is CC(C)(C)c1ccc2c(c1)[cH-]c1cc(C(C)(C)C)ccc12.Cc1cc(C2=[C-]CC=C2)c(C)c(C)c1C.[Hf+2]=[C](c1ccccc1)c1ccccc1. The summed E-state index contributed by atoms with van der Waals surface area (Å²) < 4.78 is 1.46. The van der Waals surface area contributed by atoms with E-state index in [2.05, 4.69) is 197 Å². The molecule has 0 spiro atoms. The van der Waals surface area contributed by atoms with Gasteiger partial charge in [-0.1, -0.05) is 107 Å². The van der Waals surface area contributed by atoms with Crippen molar-refractivity contribution >= 4 is 30.4 Å². The topological polar surface area (TPSA) is 0 Å². The summed E-state index contributed by atoms with van der Waals surface area (Å²) in [4.78, 5) is 0. The molecule has 0 fully saturated rings. The second-order valence-corrected chi connectivity index (χ2v) is 17.5. The fraction of sp³-hybridized carbons (Fsp3) is 0.265. The zero-order chi connectivity index (χ0) is 36.2. The summed E-state index contributed by atoms with van der Waals surface area (Å²) in [5.74, 6) is 0. The van der Waals surface area contributed by atoms with Gasteiger partial charge in [0.1, 0.15) is 0 Å². The van der Waals surface area contributed by atoms with Crippen LogP contribution in [0.15, 0.2) is 121 Å². The van der Waals surface area contributed by atoms with Crippen LogP contribution in [0.25, 0.3) is 27.1 Å². The molecule has 0 aromatic heterocycles. The molecular formula is C49H52Hf. The maximum atomic E-state index is 3.39. The number of fused-ring (bicyclic) bond motifs is 3. The molecule has 1 aliphatic rings. The van der Waals surface area contributed by atoms with Crippen molar-refractivity contribution in [3.8, 4) is 0 Å². The standard InChI is InChI=1S/C21H25.C15H17.C13H10.Hf/c1-20(2,3)16-7-9-18-14(12-16)11-15-13-17(21(4,5)6)8-10-19(15)18;1-10-9-15(14-7-5-6-8-14)13(4)12(3)11(10)2;1-3-7-12(8-4-1)11-13-9-5-2-6-10-13;/h7-13H,1-6H3;5,7,9H,6H2,1-4H3;1-10H;/q2*-1;;+2. The van der Waals surface area contributed by atoms with E-state index in [1.807, 2.05) is 0 Å². The van der Waals surface area contributed by atoms with Crippen molar-refractivity contribution in [2.24, 2.45) is 0 Å². The number of rotatable bonds is 3. The van der Waals surface area contributed by atoms with E-state index in [-0.39, 0.29) is 10.8 Å². The summed E-state index contributed by atoms with van der Waals surface area (Å²) in [5.41, 5.74) is 14.1. The molecule has 0 radical (unpaired) electrons. The third kappa shape index (κ3) is 8.73. The average Bonchev–Trinajstić information content (AvgIpc) is 3.77. The number of allylic oxidation sites excluding steroid dienone is 4. The zero-order valence-corrected chi connectivity index (χ0v) is 35.3. The molecule has 6 aromatic carbocycles. The first kappa shape index (κ1) is 37.4. The molecule has 1 heteroatoms. The minimum absolute atomic E-state index is 0.203. The van der Waals surface area contributed by atoms with Crippen molar-refractivity contribution in [2.45, 2.75) is 86.5 Å². The Bertz CT molecular complexity index is 2060. The predicted molar refractivity (Wildman–Crippen MR) is 216 cm³/mol. The van der Waals surface area contributed by atoms with Gasteiger partial charge in [-0.15, -0.1) is 57.4 Å². The van der Waals surface area contributed by atoms with Gasteiger partial charge in [0.2, 0.25) is 0 Å². The fourth-order valence-corrected chi connectivity index (χ4v) is 7.61. The van der Waals surface area contributed by atoms with Gasteiger partial charge in [-0.2, -0.15) is 17.7 Å². The molecule has 0 nitrogen and oxygen atoms in total. The Morgan fingerprint density at radius 2 is 1.08 bits per heavy atom. The van der Waals surface area contributed by atoms with Gasteiger partial charge >= 0.3 is 98.9 Å². The van der Waals surface area contributed by atoms with Crippen molar-refractivity contribution in [2.75, 3.05) is 0 Å². The number of aryl methyl sites for hydroxylation is 1. The molecule has 0 heterocycles. The Morgan fingerprint density at radius 3 is 1.50 bits per heavy atom. The summed E-state index contributed by atoms with van der Waals surface area (Å²) in [6.07, 6.45) is 8.70. The van der Waals surface area contributed by atoms with Gasteiger partial charge in [0, 0.05) is 0 Å². The molecule has 6 aromatic rings. The van der Waals surface area contributed by atoms with E-state index in [4.69, 9.17) is 0 Å². The molecule has 0 aliphatic heterocycles. The van der Waals surface area contributed by atoms with Gasteiger partial charge in [0.05, 0.1) is 0 Å². The van der Waals surface area contributed by atoms with E-state index in [9.17, 15) is 0 Å². The molecule has 1 aliphatic carbocycles. The second-order valence-electron chi connectivity index (χ2n) is 15.7.